The van der Waals surface area contributed by atoms with Gasteiger partial charge >= 0.3 is 0 Å². The van der Waals surface area contributed by atoms with Crippen LogP contribution in [0.3, 0.4) is 0 Å². The van der Waals surface area contributed by atoms with Crippen LogP contribution in [-0.2, 0) is 17.1 Å². The maximum absolute atomic E-state index is 13.4. The molecule has 0 aliphatic rings. The van der Waals surface area contributed by atoms with Gasteiger partial charge < -0.3 is 4.57 Å². The van der Waals surface area contributed by atoms with Crippen LogP contribution in [0, 0.1) is 13.8 Å². The van der Waals surface area contributed by atoms with Gasteiger partial charge in [-0.3, -0.25) is 4.31 Å². The molecule has 2 aromatic carbocycles. The van der Waals surface area contributed by atoms with E-state index in [0.717, 1.165) is 27.5 Å². The molecule has 0 fully saturated rings. The van der Waals surface area contributed by atoms with Crippen molar-refractivity contribution >= 4 is 38.6 Å². The van der Waals surface area contributed by atoms with Crippen molar-refractivity contribution in [2.75, 3.05) is 11.4 Å². The average molecular weight is 472 g/mol. The van der Waals surface area contributed by atoms with Gasteiger partial charge in [0, 0.05) is 35.8 Å². The van der Waals surface area contributed by atoms with Crippen LogP contribution in [-0.4, -0.2) is 25.0 Å². The summed E-state index contributed by atoms with van der Waals surface area (Å²) in [5.74, 6) is 0. The maximum Gasteiger partial charge on any atom is 0.265 e. The highest BCUT2D eigenvalue weighted by Gasteiger charge is 2.27. The molecule has 0 saturated heterocycles. The van der Waals surface area contributed by atoms with Crippen LogP contribution in [0.25, 0.3) is 22.0 Å². The predicted octanol–water partition coefficient (Wildman–Crippen LogP) is 5.91. The molecule has 4 rings (SSSR count). The van der Waals surface area contributed by atoms with E-state index in [2.05, 4.69) is 0 Å². The number of thiazole rings is 1. The SMILES string of the molecule is Cc1ccc(N(C)S(=O)(=O)c2cc(-c3nc(-c4ccc(Cl)cc4)cs3)n(C)c2C)cc1. The van der Waals surface area contributed by atoms with Crippen molar-refractivity contribution in [2.24, 2.45) is 7.05 Å². The van der Waals surface area contributed by atoms with Gasteiger partial charge in [0.15, 0.2) is 0 Å². The predicted molar refractivity (Wildman–Crippen MR) is 128 cm³/mol. The number of hydrogen-bond donors (Lipinski definition) is 0. The Bertz CT molecular complexity index is 1340. The van der Waals surface area contributed by atoms with Crippen molar-refractivity contribution in [1.29, 1.82) is 0 Å². The van der Waals surface area contributed by atoms with E-state index < -0.39 is 10.0 Å². The largest absolute Gasteiger partial charge is 0.345 e. The van der Waals surface area contributed by atoms with Crippen molar-refractivity contribution in [3.8, 4) is 22.0 Å². The Morgan fingerprint density at radius 3 is 2.32 bits per heavy atom. The number of anilines is 1. The Kier molecular flexibility index (Phi) is 5.68. The van der Waals surface area contributed by atoms with Crippen molar-refractivity contribution in [3.63, 3.8) is 0 Å². The zero-order valence-corrected chi connectivity index (χ0v) is 20.0. The fourth-order valence-electron chi connectivity index (χ4n) is 3.32. The highest BCUT2D eigenvalue weighted by Crippen LogP contribution is 2.34. The molecule has 0 amide bonds. The standard InChI is InChI=1S/C23H22ClN3O2S2/c1-15-5-11-19(12-6-15)27(4)31(28,29)22-13-21(26(3)16(22)2)23-25-20(14-30-23)17-7-9-18(24)10-8-17/h5-14H,1-4H3. The third-order valence-electron chi connectivity index (χ3n) is 5.39. The van der Waals surface area contributed by atoms with Crippen molar-refractivity contribution < 1.29 is 8.42 Å². The lowest BCUT2D eigenvalue weighted by atomic mass is 10.2. The maximum atomic E-state index is 13.4. The summed E-state index contributed by atoms with van der Waals surface area (Å²) in [6.45, 7) is 3.78. The van der Waals surface area contributed by atoms with Crippen LogP contribution >= 0.6 is 22.9 Å². The van der Waals surface area contributed by atoms with Crippen LogP contribution < -0.4 is 4.31 Å². The normalized spacial score (nSPS) is 11.6. The molecule has 31 heavy (non-hydrogen) atoms. The quantitative estimate of drug-likeness (QED) is 0.363. The second kappa shape index (κ2) is 8.15. The van der Waals surface area contributed by atoms with E-state index in [0.29, 0.717) is 16.4 Å². The number of aromatic nitrogens is 2. The second-order valence-electron chi connectivity index (χ2n) is 7.39. The molecular weight excluding hydrogens is 450 g/mol. The van der Waals surface area contributed by atoms with Crippen LogP contribution in [0.5, 0.6) is 0 Å². The Morgan fingerprint density at radius 1 is 1.03 bits per heavy atom. The third-order valence-corrected chi connectivity index (χ3v) is 8.41. The number of sulfonamides is 1. The molecular formula is C23H22ClN3O2S2. The molecule has 8 heteroatoms. The molecule has 0 aliphatic carbocycles. The van der Waals surface area contributed by atoms with Gasteiger partial charge in [-0.25, -0.2) is 13.4 Å². The highest BCUT2D eigenvalue weighted by atomic mass is 35.5. The van der Waals surface area contributed by atoms with Gasteiger partial charge in [0.05, 0.1) is 17.1 Å². The Hall–Kier alpha value is -2.61. The molecule has 5 nitrogen and oxygen atoms in total. The monoisotopic (exact) mass is 471 g/mol. The van der Waals surface area contributed by atoms with Crippen molar-refractivity contribution in [1.82, 2.24) is 9.55 Å². The van der Waals surface area contributed by atoms with E-state index >= 15 is 0 Å². The number of nitrogens with zero attached hydrogens (tertiary/aromatic N) is 3. The molecule has 0 bridgehead atoms. The number of rotatable bonds is 5. The smallest absolute Gasteiger partial charge is 0.265 e. The van der Waals surface area contributed by atoms with E-state index in [-0.39, 0.29) is 4.90 Å². The molecule has 0 unspecified atom stereocenters. The minimum absolute atomic E-state index is 0.274. The number of benzene rings is 2. The molecule has 0 aliphatic heterocycles. The van der Waals surface area contributed by atoms with Gasteiger partial charge in [-0.2, -0.15) is 0 Å². The summed E-state index contributed by atoms with van der Waals surface area (Å²) in [6.07, 6.45) is 0. The summed E-state index contributed by atoms with van der Waals surface area (Å²) in [5, 5.41) is 3.40. The molecule has 0 atom stereocenters. The number of halogens is 1. The first-order valence-electron chi connectivity index (χ1n) is 9.62. The summed E-state index contributed by atoms with van der Waals surface area (Å²) >= 11 is 7.46. The Morgan fingerprint density at radius 2 is 1.68 bits per heavy atom. The summed E-state index contributed by atoms with van der Waals surface area (Å²) in [6, 6.07) is 16.6. The van der Waals surface area contributed by atoms with Gasteiger partial charge in [-0.1, -0.05) is 41.4 Å². The first kappa shape index (κ1) is 21.6. The summed E-state index contributed by atoms with van der Waals surface area (Å²) in [5.41, 5.74) is 4.92. The zero-order chi connectivity index (χ0) is 22.3. The molecule has 2 aromatic heterocycles. The van der Waals surface area contributed by atoms with E-state index in [1.54, 1.807) is 13.1 Å². The minimum Gasteiger partial charge on any atom is -0.345 e. The van der Waals surface area contributed by atoms with Gasteiger partial charge in [-0.05, 0) is 44.2 Å². The van der Waals surface area contributed by atoms with Crippen LogP contribution in [0.1, 0.15) is 11.3 Å². The molecule has 0 spiro atoms. The van der Waals surface area contributed by atoms with Gasteiger partial charge in [0.1, 0.15) is 9.90 Å². The molecule has 0 radical (unpaired) electrons. The van der Waals surface area contributed by atoms with E-state index in [4.69, 9.17) is 16.6 Å². The Labute approximate surface area is 191 Å². The van der Waals surface area contributed by atoms with Crippen molar-refractivity contribution in [3.05, 3.63) is 76.3 Å². The van der Waals surface area contributed by atoms with Gasteiger partial charge in [0.2, 0.25) is 0 Å². The van der Waals surface area contributed by atoms with Crippen molar-refractivity contribution in [2.45, 2.75) is 18.7 Å². The molecule has 0 saturated carbocycles. The Balaban J connectivity index is 1.72. The van der Waals surface area contributed by atoms with Crippen LogP contribution in [0.4, 0.5) is 5.69 Å². The third kappa shape index (κ3) is 4.01. The molecule has 160 valence electrons. The highest BCUT2D eigenvalue weighted by molar-refractivity contribution is 7.92. The summed E-state index contributed by atoms with van der Waals surface area (Å²) in [4.78, 5) is 5.01. The van der Waals surface area contributed by atoms with Gasteiger partial charge in [-0.15, -0.1) is 11.3 Å². The second-order valence-corrected chi connectivity index (χ2v) is 10.6. The first-order valence-corrected chi connectivity index (χ1v) is 12.3. The topological polar surface area (TPSA) is 55.2 Å². The summed E-state index contributed by atoms with van der Waals surface area (Å²) in [7, 11) is -0.283. The minimum atomic E-state index is -3.72. The fraction of sp³-hybridized carbons (Fsp3) is 0.174. The molecule has 4 aromatic rings. The lowest BCUT2D eigenvalue weighted by Crippen LogP contribution is -2.26. The first-order chi connectivity index (χ1) is 14.7. The van der Waals surface area contributed by atoms with Crippen LogP contribution in [0.15, 0.2) is 64.9 Å². The van der Waals surface area contributed by atoms with Gasteiger partial charge in [0.25, 0.3) is 10.0 Å². The lowest BCUT2D eigenvalue weighted by Gasteiger charge is -2.19. The van der Waals surface area contributed by atoms with E-state index in [1.807, 2.05) is 79.4 Å². The molecule has 2 heterocycles. The average Bonchev–Trinajstić information content (AvgIpc) is 3.34. The zero-order valence-electron chi connectivity index (χ0n) is 17.6. The fourth-order valence-corrected chi connectivity index (χ4v) is 5.79. The lowest BCUT2D eigenvalue weighted by molar-refractivity contribution is 0.593. The van der Waals surface area contributed by atoms with E-state index in [1.165, 1.54) is 15.6 Å². The van der Waals surface area contributed by atoms with E-state index in [9.17, 15) is 8.42 Å². The van der Waals surface area contributed by atoms with Crippen LogP contribution in [0.2, 0.25) is 5.02 Å². The summed E-state index contributed by atoms with van der Waals surface area (Å²) < 4.78 is 29.9. The number of aryl methyl sites for hydroxylation is 1. The number of hydrogen-bond acceptors (Lipinski definition) is 4. The molecule has 0 N–H and O–H groups in total.